The summed E-state index contributed by atoms with van der Waals surface area (Å²) < 4.78 is 0. The van der Waals surface area contributed by atoms with E-state index in [0.29, 0.717) is 5.41 Å². The molecule has 0 aromatic rings. The van der Waals surface area contributed by atoms with Gasteiger partial charge in [0.1, 0.15) is 0 Å². The summed E-state index contributed by atoms with van der Waals surface area (Å²) in [7, 11) is 0. The molecule has 0 amide bonds. The highest BCUT2D eigenvalue weighted by atomic mass is 79.9. The lowest BCUT2D eigenvalue weighted by Crippen LogP contribution is -2.11. The zero-order valence-electron chi connectivity index (χ0n) is 7.58. The van der Waals surface area contributed by atoms with Crippen molar-refractivity contribution in [3.05, 3.63) is 0 Å². The maximum absolute atomic E-state index is 3.46. The van der Waals surface area contributed by atoms with Gasteiger partial charge >= 0.3 is 0 Å². The van der Waals surface area contributed by atoms with E-state index in [2.05, 4.69) is 43.6 Å². The summed E-state index contributed by atoms with van der Waals surface area (Å²) in [6.07, 6.45) is 2.63. The normalized spacial score (nSPS) is 15.3. The minimum absolute atomic E-state index is 0.502. The molecule has 0 aliphatic rings. The highest BCUT2D eigenvalue weighted by Crippen LogP contribution is 2.25. The molecule has 0 aromatic carbocycles. The lowest BCUT2D eigenvalue weighted by atomic mass is 9.84. The van der Waals surface area contributed by atoms with Crippen molar-refractivity contribution in [2.45, 2.75) is 40.5 Å². The van der Waals surface area contributed by atoms with Gasteiger partial charge in [-0.2, -0.15) is 0 Å². The molecule has 0 fully saturated rings. The Bertz CT molecular complexity index is 81.2. The van der Waals surface area contributed by atoms with Crippen molar-refractivity contribution >= 4 is 15.9 Å². The van der Waals surface area contributed by atoms with E-state index >= 15 is 0 Å². The molecule has 0 N–H and O–H groups in total. The molecule has 0 nitrogen and oxygen atoms in total. The summed E-state index contributed by atoms with van der Waals surface area (Å²) in [5.74, 6) is 0.861. The first-order valence-electron chi connectivity index (χ1n) is 4.01. The highest BCUT2D eigenvalue weighted by molar-refractivity contribution is 9.09. The Morgan fingerprint density at radius 3 is 2.10 bits per heavy atom. The van der Waals surface area contributed by atoms with Crippen LogP contribution in [0.5, 0.6) is 0 Å². The SMILES string of the molecule is CC(CCBr)CC(C)(C)C. The Hall–Kier alpha value is 0.480. The third-order valence-corrected chi connectivity index (χ3v) is 2.02. The summed E-state index contributed by atoms with van der Waals surface area (Å²) in [5, 5.41) is 1.14. The van der Waals surface area contributed by atoms with Gasteiger partial charge < -0.3 is 0 Å². The van der Waals surface area contributed by atoms with Gasteiger partial charge in [-0.3, -0.25) is 0 Å². The fraction of sp³-hybridized carbons (Fsp3) is 1.00. The van der Waals surface area contributed by atoms with Crippen molar-refractivity contribution in [3.8, 4) is 0 Å². The second-order valence-electron chi connectivity index (χ2n) is 4.35. The second kappa shape index (κ2) is 4.38. The minimum Gasteiger partial charge on any atom is -0.0928 e. The van der Waals surface area contributed by atoms with Crippen LogP contribution < -0.4 is 0 Å². The van der Waals surface area contributed by atoms with Gasteiger partial charge in [-0.25, -0.2) is 0 Å². The maximum Gasteiger partial charge on any atom is 0.00338 e. The van der Waals surface area contributed by atoms with Crippen molar-refractivity contribution in [1.82, 2.24) is 0 Å². The van der Waals surface area contributed by atoms with Gasteiger partial charge in [-0.05, 0) is 24.2 Å². The van der Waals surface area contributed by atoms with E-state index in [1.54, 1.807) is 0 Å². The van der Waals surface area contributed by atoms with Gasteiger partial charge in [0.15, 0.2) is 0 Å². The number of halogens is 1. The van der Waals surface area contributed by atoms with E-state index < -0.39 is 0 Å². The third kappa shape index (κ3) is 6.60. The lowest BCUT2D eigenvalue weighted by Gasteiger charge is -2.22. The quantitative estimate of drug-likeness (QED) is 0.616. The maximum atomic E-state index is 3.46. The molecule has 0 aliphatic heterocycles. The average Bonchev–Trinajstić information content (AvgIpc) is 1.59. The van der Waals surface area contributed by atoms with Crippen LogP contribution in [0.15, 0.2) is 0 Å². The summed E-state index contributed by atoms with van der Waals surface area (Å²) in [6, 6.07) is 0. The fourth-order valence-electron chi connectivity index (χ4n) is 1.33. The van der Waals surface area contributed by atoms with Crippen LogP contribution in [0, 0.1) is 11.3 Å². The standard InChI is InChI=1S/C9H19Br/c1-8(5-6-10)7-9(2,3)4/h8H,5-7H2,1-4H3. The molecule has 0 heterocycles. The van der Waals surface area contributed by atoms with Crippen LogP contribution >= 0.6 is 15.9 Å². The summed E-state index contributed by atoms with van der Waals surface area (Å²) in [4.78, 5) is 0. The van der Waals surface area contributed by atoms with Gasteiger partial charge in [-0.1, -0.05) is 43.6 Å². The third-order valence-electron chi connectivity index (χ3n) is 1.56. The molecular weight excluding hydrogens is 188 g/mol. The molecule has 0 rings (SSSR count). The Morgan fingerprint density at radius 2 is 1.80 bits per heavy atom. The molecule has 0 radical (unpaired) electrons. The number of hydrogen-bond acceptors (Lipinski definition) is 0. The zero-order chi connectivity index (χ0) is 8.20. The van der Waals surface area contributed by atoms with Crippen LogP contribution in [0.2, 0.25) is 0 Å². The van der Waals surface area contributed by atoms with Crippen molar-refractivity contribution in [2.75, 3.05) is 5.33 Å². The summed E-state index contributed by atoms with van der Waals surface area (Å²) >= 11 is 3.46. The molecule has 1 heteroatoms. The van der Waals surface area contributed by atoms with Crippen molar-refractivity contribution < 1.29 is 0 Å². The topological polar surface area (TPSA) is 0 Å². The smallest absolute Gasteiger partial charge is 0.00338 e. The van der Waals surface area contributed by atoms with Gasteiger partial charge in [0, 0.05) is 5.33 Å². The van der Waals surface area contributed by atoms with Crippen LogP contribution in [-0.4, -0.2) is 5.33 Å². The largest absolute Gasteiger partial charge is 0.0928 e. The Kier molecular flexibility index (Phi) is 4.59. The lowest BCUT2D eigenvalue weighted by molar-refractivity contribution is 0.304. The first kappa shape index (κ1) is 10.5. The fourth-order valence-corrected chi connectivity index (χ4v) is 2.12. The number of hydrogen-bond donors (Lipinski definition) is 0. The minimum atomic E-state index is 0.502. The van der Waals surface area contributed by atoms with Crippen LogP contribution in [0.3, 0.4) is 0 Å². The Labute approximate surface area is 73.5 Å². The molecule has 10 heavy (non-hydrogen) atoms. The van der Waals surface area contributed by atoms with E-state index in [1.807, 2.05) is 0 Å². The molecule has 0 saturated carbocycles. The van der Waals surface area contributed by atoms with Crippen LogP contribution in [-0.2, 0) is 0 Å². The van der Waals surface area contributed by atoms with Crippen LogP contribution in [0.1, 0.15) is 40.5 Å². The second-order valence-corrected chi connectivity index (χ2v) is 5.14. The number of rotatable bonds is 3. The summed E-state index contributed by atoms with van der Waals surface area (Å²) in [5.41, 5.74) is 0.502. The van der Waals surface area contributed by atoms with Crippen LogP contribution in [0.25, 0.3) is 0 Å². The predicted molar refractivity (Wildman–Crippen MR) is 51.6 cm³/mol. The molecule has 0 spiro atoms. The highest BCUT2D eigenvalue weighted by Gasteiger charge is 2.14. The van der Waals surface area contributed by atoms with E-state index in [1.165, 1.54) is 12.8 Å². The van der Waals surface area contributed by atoms with E-state index in [-0.39, 0.29) is 0 Å². The predicted octanol–water partition coefficient (Wildman–Crippen LogP) is 3.84. The van der Waals surface area contributed by atoms with Gasteiger partial charge in [0.25, 0.3) is 0 Å². The monoisotopic (exact) mass is 206 g/mol. The molecule has 0 aliphatic carbocycles. The summed E-state index contributed by atoms with van der Waals surface area (Å²) in [6.45, 7) is 9.24. The van der Waals surface area contributed by atoms with Crippen molar-refractivity contribution in [2.24, 2.45) is 11.3 Å². The van der Waals surface area contributed by atoms with Crippen molar-refractivity contribution in [1.29, 1.82) is 0 Å². The van der Waals surface area contributed by atoms with Gasteiger partial charge in [0.2, 0.25) is 0 Å². The number of alkyl halides is 1. The molecule has 1 unspecified atom stereocenters. The first-order chi connectivity index (χ1) is 4.45. The van der Waals surface area contributed by atoms with Gasteiger partial charge in [-0.15, -0.1) is 0 Å². The molecule has 62 valence electrons. The van der Waals surface area contributed by atoms with E-state index in [0.717, 1.165) is 11.2 Å². The van der Waals surface area contributed by atoms with Gasteiger partial charge in [0.05, 0.1) is 0 Å². The first-order valence-corrected chi connectivity index (χ1v) is 5.14. The van der Waals surface area contributed by atoms with E-state index in [9.17, 15) is 0 Å². The molecule has 1 atom stereocenters. The van der Waals surface area contributed by atoms with Crippen LogP contribution in [0.4, 0.5) is 0 Å². The molecule has 0 bridgehead atoms. The molecule has 0 saturated heterocycles. The molecule has 0 aromatic heterocycles. The van der Waals surface area contributed by atoms with E-state index in [4.69, 9.17) is 0 Å². The zero-order valence-corrected chi connectivity index (χ0v) is 9.16. The Morgan fingerprint density at radius 1 is 1.30 bits per heavy atom. The van der Waals surface area contributed by atoms with Crippen molar-refractivity contribution in [3.63, 3.8) is 0 Å². The molecular formula is C9H19Br. The average molecular weight is 207 g/mol. The Balaban J connectivity index is 3.47.